The van der Waals surface area contributed by atoms with Crippen LogP contribution in [0.2, 0.25) is 0 Å². The van der Waals surface area contributed by atoms with Gasteiger partial charge < -0.3 is 9.47 Å². The molecule has 0 unspecified atom stereocenters. The first kappa shape index (κ1) is 35.8. The quantitative estimate of drug-likeness (QED) is 0.0747. The van der Waals surface area contributed by atoms with Crippen molar-refractivity contribution in [1.29, 1.82) is 0 Å². The van der Waals surface area contributed by atoms with Crippen LogP contribution in [-0.4, -0.2) is 54.8 Å². The van der Waals surface area contributed by atoms with E-state index < -0.39 is 20.2 Å². The van der Waals surface area contributed by atoms with Crippen LogP contribution >= 0.6 is 23.5 Å². The fourth-order valence-corrected chi connectivity index (χ4v) is 8.08. The van der Waals surface area contributed by atoms with Crippen molar-refractivity contribution in [2.45, 2.75) is 35.1 Å². The minimum atomic E-state index is -3.83. The number of para-hydroxylation sites is 2. The van der Waals surface area contributed by atoms with Crippen molar-refractivity contribution in [1.82, 2.24) is 0 Å². The van der Waals surface area contributed by atoms with E-state index in [0.717, 1.165) is 45.3 Å². The Kier molecular flexibility index (Phi) is 13.9. The molecular weight excluding hydrogens is 665 g/mol. The highest BCUT2D eigenvalue weighted by Crippen LogP contribution is 2.26. The van der Waals surface area contributed by atoms with Gasteiger partial charge in [0.15, 0.2) is 0 Å². The molecular formula is C34H38O8S4. The first-order valence-corrected chi connectivity index (χ1v) is 19.8. The molecule has 12 heteroatoms. The maximum absolute atomic E-state index is 12.4. The van der Waals surface area contributed by atoms with Crippen molar-refractivity contribution in [3.8, 4) is 11.5 Å². The molecule has 46 heavy (non-hydrogen) atoms. The molecule has 0 aliphatic rings. The molecule has 4 aromatic rings. The fourth-order valence-electron chi connectivity index (χ4n) is 4.15. The average molecular weight is 703 g/mol. The highest BCUT2D eigenvalue weighted by atomic mass is 32.2. The van der Waals surface area contributed by atoms with Crippen molar-refractivity contribution < 1.29 is 34.7 Å². The molecule has 0 atom stereocenters. The molecule has 4 aromatic carbocycles. The third kappa shape index (κ3) is 11.4. The van der Waals surface area contributed by atoms with Gasteiger partial charge in [-0.1, -0.05) is 71.8 Å². The Morgan fingerprint density at radius 1 is 0.500 bits per heavy atom. The second-order valence-corrected chi connectivity index (χ2v) is 15.6. The van der Waals surface area contributed by atoms with Gasteiger partial charge in [-0.25, -0.2) is 0 Å². The van der Waals surface area contributed by atoms with Gasteiger partial charge in [0, 0.05) is 34.1 Å². The molecule has 8 nitrogen and oxygen atoms in total. The number of ether oxygens (including phenoxy) is 2. The Morgan fingerprint density at radius 2 is 0.870 bits per heavy atom. The van der Waals surface area contributed by atoms with Gasteiger partial charge in [0.05, 0.1) is 9.79 Å². The Hall–Kier alpha value is -3.00. The van der Waals surface area contributed by atoms with Gasteiger partial charge in [-0.05, 0) is 50.2 Å². The van der Waals surface area contributed by atoms with Crippen LogP contribution in [0.15, 0.2) is 107 Å². The van der Waals surface area contributed by atoms with Crippen LogP contribution in [0.4, 0.5) is 0 Å². The Labute approximate surface area is 281 Å². The van der Waals surface area contributed by atoms with Crippen LogP contribution in [0.3, 0.4) is 0 Å². The standard InChI is InChI=1S/C34H38O8S4/c1-27-11-15-31(16-12-27)45(35,36)41-21-19-39-33-9-5-3-7-29(33)25-43-23-24-44-26-30-8-4-6-10-34(30)40-20-22-42-46(37,38)32-17-13-28(2)14-18-32/h3-18H,19-26H2,1-2H3. The minimum absolute atomic E-state index is 0.0843. The lowest BCUT2D eigenvalue weighted by Crippen LogP contribution is -2.13. The molecule has 0 bridgehead atoms. The van der Waals surface area contributed by atoms with E-state index in [1.54, 1.807) is 47.8 Å². The summed E-state index contributed by atoms with van der Waals surface area (Å²) in [6.07, 6.45) is 0. The summed E-state index contributed by atoms with van der Waals surface area (Å²) >= 11 is 3.57. The predicted octanol–water partition coefficient (Wildman–Crippen LogP) is 7.04. The number of benzene rings is 4. The van der Waals surface area contributed by atoms with E-state index in [0.29, 0.717) is 11.5 Å². The van der Waals surface area contributed by atoms with Gasteiger partial charge >= 0.3 is 0 Å². The number of aryl methyl sites for hydroxylation is 2. The Balaban J connectivity index is 1.14. The van der Waals surface area contributed by atoms with Crippen LogP contribution in [0.5, 0.6) is 11.5 Å². The van der Waals surface area contributed by atoms with Gasteiger partial charge in [-0.2, -0.15) is 40.4 Å². The zero-order valence-corrected chi connectivity index (χ0v) is 29.1. The van der Waals surface area contributed by atoms with Crippen molar-refractivity contribution in [2.24, 2.45) is 0 Å². The van der Waals surface area contributed by atoms with Gasteiger partial charge in [0.25, 0.3) is 20.2 Å². The normalized spacial score (nSPS) is 11.8. The zero-order valence-electron chi connectivity index (χ0n) is 25.8. The lowest BCUT2D eigenvalue weighted by atomic mass is 10.2. The van der Waals surface area contributed by atoms with E-state index in [1.807, 2.05) is 62.4 Å². The van der Waals surface area contributed by atoms with Crippen molar-refractivity contribution in [3.05, 3.63) is 119 Å². The molecule has 0 aliphatic heterocycles. The molecule has 0 saturated carbocycles. The smallest absolute Gasteiger partial charge is 0.297 e. The Morgan fingerprint density at radius 3 is 1.26 bits per heavy atom. The van der Waals surface area contributed by atoms with Gasteiger partial charge in [-0.15, -0.1) is 0 Å². The molecule has 0 heterocycles. The molecule has 0 spiro atoms. The van der Waals surface area contributed by atoms with E-state index in [9.17, 15) is 16.8 Å². The van der Waals surface area contributed by atoms with E-state index >= 15 is 0 Å². The second kappa shape index (κ2) is 17.8. The van der Waals surface area contributed by atoms with Crippen LogP contribution in [0, 0.1) is 13.8 Å². The fraction of sp³-hybridized carbons (Fsp3) is 0.294. The van der Waals surface area contributed by atoms with Crippen molar-refractivity contribution >= 4 is 43.8 Å². The summed E-state index contributed by atoms with van der Waals surface area (Å²) < 4.78 is 71.6. The first-order valence-electron chi connectivity index (χ1n) is 14.6. The van der Waals surface area contributed by atoms with E-state index in [1.165, 1.54) is 24.3 Å². The summed E-state index contributed by atoms with van der Waals surface area (Å²) in [5, 5.41) is 0. The molecule has 0 amide bonds. The van der Waals surface area contributed by atoms with Gasteiger partial charge in [-0.3, -0.25) is 8.37 Å². The second-order valence-electron chi connectivity index (χ2n) is 10.2. The maximum atomic E-state index is 12.4. The average Bonchev–Trinajstić information content (AvgIpc) is 3.04. The highest BCUT2D eigenvalue weighted by Gasteiger charge is 2.16. The van der Waals surface area contributed by atoms with E-state index in [4.69, 9.17) is 17.8 Å². The van der Waals surface area contributed by atoms with Crippen molar-refractivity contribution in [2.75, 3.05) is 37.9 Å². The topological polar surface area (TPSA) is 105 Å². The van der Waals surface area contributed by atoms with Crippen LogP contribution in [0.1, 0.15) is 22.3 Å². The summed E-state index contributed by atoms with van der Waals surface area (Å²) in [5.74, 6) is 4.77. The number of hydrogen-bond acceptors (Lipinski definition) is 10. The summed E-state index contributed by atoms with van der Waals surface area (Å²) in [6.45, 7) is 3.83. The summed E-state index contributed by atoms with van der Waals surface area (Å²) in [4.78, 5) is 0.251. The lowest BCUT2D eigenvalue weighted by Gasteiger charge is -2.12. The van der Waals surface area contributed by atoms with E-state index in [2.05, 4.69) is 0 Å². The number of thioether (sulfide) groups is 2. The summed E-state index contributed by atoms with van der Waals surface area (Å²) in [7, 11) is -7.66. The van der Waals surface area contributed by atoms with Gasteiger partial charge in [0.1, 0.15) is 37.9 Å². The molecule has 246 valence electrons. The van der Waals surface area contributed by atoms with Crippen LogP contribution in [0.25, 0.3) is 0 Å². The van der Waals surface area contributed by atoms with Gasteiger partial charge in [0.2, 0.25) is 0 Å². The molecule has 0 radical (unpaired) electrons. The molecule has 0 fully saturated rings. The van der Waals surface area contributed by atoms with Crippen LogP contribution in [-0.2, 0) is 40.1 Å². The number of rotatable bonds is 19. The molecule has 0 saturated heterocycles. The lowest BCUT2D eigenvalue weighted by molar-refractivity contribution is 0.220. The SMILES string of the molecule is Cc1ccc(S(=O)(=O)OCCOc2ccccc2CSCCSCc2ccccc2OCCOS(=O)(=O)c2ccc(C)cc2)cc1. The highest BCUT2D eigenvalue weighted by molar-refractivity contribution is 8.02. The maximum Gasteiger partial charge on any atom is 0.297 e. The van der Waals surface area contributed by atoms with E-state index in [-0.39, 0.29) is 36.2 Å². The third-order valence-electron chi connectivity index (χ3n) is 6.61. The summed E-state index contributed by atoms with van der Waals surface area (Å²) in [6, 6.07) is 28.5. The largest absolute Gasteiger partial charge is 0.491 e. The molecule has 4 rings (SSSR count). The monoisotopic (exact) mass is 702 g/mol. The summed E-state index contributed by atoms with van der Waals surface area (Å²) in [5.41, 5.74) is 4.01. The predicted molar refractivity (Wildman–Crippen MR) is 185 cm³/mol. The molecule has 0 aliphatic carbocycles. The Bertz CT molecular complexity index is 1610. The zero-order chi connectivity index (χ0) is 32.8. The third-order valence-corrected chi connectivity index (χ3v) is 11.5. The number of hydrogen-bond donors (Lipinski definition) is 0. The van der Waals surface area contributed by atoms with Crippen LogP contribution < -0.4 is 9.47 Å². The molecule has 0 aromatic heterocycles. The van der Waals surface area contributed by atoms with Crippen molar-refractivity contribution in [3.63, 3.8) is 0 Å². The molecule has 0 N–H and O–H groups in total. The first-order chi connectivity index (χ1) is 22.1. The minimum Gasteiger partial charge on any atom is -0.491 e.